The summed E-state index contributed by atoms with van der Waals surface area (Å²) in [5, 5.41) is 23.7. The lowest BCUT2D eigenvalue weighted by Crippen LogP contribution is -2.45. The number of phenols is 1. The fourth-order valence-electron chi connectivity index (χ4n) is 4.72. The molecule has 0 radical (unpaired) electrons. The Labute approximate surface area is 252 Å². The summed E-state index contributed by atoms with van der Waals surface area (Å²) in [5.41, 5.74) is 2.37. The summed E-state index contributed by atoms with van der Waals surface area (Å²) in [6, 6.07) is 18.7. The van der Waals surface area contributed by atoms with Gasteiger partial charge in [0.2, 0.25) is 5.75 Å². The lowest BCUT2D eigenvalue weighted by molar-refractivity contribution is -0.137. The van der Waals surface area contributed by atoms with Gasteiger partial charge in [0, 0.05) is 7.11 Å². The van der Waals surface area contributed by atoms with E-state index in [1.807, 2.05) is 36.4 Å². The van der Waals surface area contributed by atoms with Gasteiger partial charge in [-0.15, -0.1) is 0 Å². The number of hydrogen-bond donors (Lipinski definition) is 3. The molecule has 1 amide bonds. The SMILES string of the molecule is COc1cc(-c2ccc(C[C@H](NC(=O)c3cc(-c4ccc(C(F)(F)F)cc4)ccc3O)C(O)OC)cc2)cc(OC)c1OC. The molecule has 0 aromatic heterocycles. The van der Waals surface area contributed by atoms with Gasteiger partial charge in [-0.2, -0.15) is 13.2 Å². The number of phenolic OH excluding ortho intramolecular Hbond substituents is 1. The molecule has 0 bridgehead atoms. The number of amides is 1. The first-order valence-electron chi connectivity index (χ1n) is 13.4. The molecule has 0 aliphatic carbocycles. The van der Waals surface area contributed by atoms with Gasteiger partial charge in [-0.25, -0.2) is 0 Å². The molecule has 0 saturated heterocycles. The lowest BCUT2D eigenvalue weighted by Gasteiger charge is -2.23. The van der Waals surface area contributed by atoms with E-state index in [1.165, 1.54) is 58.8 Å². The molecule has 3 N–H and O–H groups in total. The number of aromatic hydroxyl groups is 1. The average Bonchev–Trinajstić information content (AvgIpc) is 3.03. The van der Waals surface area contributed by atoms with Gasteiger partial charge in [0.15, 0.2) is 17.8 Å². The summed E-state index contributed by atoms with van der Waals surface area (Å²) in [6.07, 6.45) is -5.68. The van der Waals surface area contributed by atoms with Gasteiger partial charge >= 0.3 is 6.18 Å². The lowest BCUT2D eigenvalue weighted by atomic mass is 9.98. The zero-order chi connectivity index (χ0) is 32.0. The van der Waals surface area contributed by atoms with Gasteiger partial charge in [0.25, 0.3) is 5.91 Å². The first kappa shape index (κ1) is 32.2. The first-order valence-corrected chi connectivity index (χ1v) is 13.4. The molecule has 0 spiro atoms. The number of alkyl halides is 3. The number of hydrogen-bond acceptors (Lipinski definition) is 7. The van der Waals surface area contributed by atoms with Crippen molar-refractivity contribution in [3.63, 3.8) is 0 Å². The Morgan fingerprint density at radius 2 is 1.32 bits per heavy atom. The van der Waals surface area contributed by atoms with E-state index in [0.29, 0.717) is 28.4 Å². The number of methoxy groups -OCH3 is 4. The van der Waals surface area contributed by atoms with Crippen molar-refractivity contribution in [2.75, 3.05) is 28.4 Å². The molecule has 0 saturated carbocycles. The minimum atomic E-state index is -4.48. The molecule has 11 heteroatoms. The molecule has 44 heavy (non-hydrogen) atoms. The van der Waals surface area contributed by atoms with Gasteiger partial charge in [0.05, 0.1) is 38.5 Å². The maximum Gasteiger partial charge on any atom is 0.416 e. The molecule has 8 nitrogen and oxygen atoms in total. The predicted octanol–water partition coefficient (Wildman–Crippen LogP) is 6.08. The number of nitrogens with one attached hydrogen (secondary N) is 1. The number of ether oxygens (including phenoxy) is 4. The second-order valence-electron chi connectivity index (χ2n) is 9.83. The molecule has 0 aliphatic heterocycles. The van der Waals surface area contributed by atoms with E-state index in [-0.39, 0.29) is 17.7 Å². The summed E-state index contributed by atoms with van der Waals surface area (Å²) in [6.45, 7) is 0. The van der Waals surface area contributed by atoms with Gasteiger partial charge in [-0.1, -0.05) is 42.5 Å². The number of rotatable bonds is 11. The Morgan fingerprint density at radius 1 is 0.773 bits per heavy atom. The molecule has 2 atom stereocenters. The quantitative estimate of drug-likeness (QED) is 0.177. The molecular weight excluding hydrogens is 579 g/mol. The Kier molecular flexibility index (Phi) is 10.0. The zero-order valence-electron chi connectivity index (χ0n) is 24.4. The second-order valence-corrected chi connectivity index (χ2v) is 9.83. The molecule has 4 rings (SSSR count). The topological polar surface area (TPSA) is 106 Å². The Bertz CT molecular complexity index is 1560. The summed E-state index contributed by atoms with van der Waals surface area (Å²) < 4.78 is 60.3. The third-order valence-corrected chi connectivity index (χ3v) is 7.10. The van der Waals surface area contributed by atoms with Crippen LogP contribution in [0.5, 0.6) is 23.0 Å². The number of benzene rings is 4. The van der Waals surface area contributed by atoms with E-state index >= 15 is 0 Å². The van der Waals surface area contributed by atoms with Crippen molar-refractivity contribution in [2.24, 2.45) is 0 Å². The molecule has 232 valence electrons. The van der Waals surface area contributed by atoms with E-state index < -0.39 is 30.0 Å². The van der Waals surface area contributed by atoms with Crippen molar-refractivity contribution in [1.82, 2.24) is 5.32 Å². The zero-order valence-corrected chi connectivity index (χ0v) is 24.4. The van der Waals surface area contributed by atoms with Crippen LogP contribution in [-0.4, -0.2) is 56.9 Å². The van der Waals surface area contributed by atoms with E-state index in [9.17, 15) is 28.2 Å². The van der Waals surface area contributed by atoms with Crippen molar-refractivity contribution >= 4 is 5.91 Å². The minimum absolute atomic E-state index is 0.117. The third-order valence-electron chi connectivity index (χ3n) is 7.10. The first-order chi connectivity index (χ1) is 21.0. The van der Waals surface area contributed by atoms with Crippen LogP contribution in [0, 0.1) is 0 Å². The number of aliphatic hydroxyl groups is 1. The molecule has 0 fully saturated rings. The van der Waals surface area contributed by atoms with Crippen molar-refractivity contribution in [1.29, 1.82) is 0 Å². The van der Waals surface area contributed by atoms with Crippen LogP contribution < -0.4 is 19.5 Å². The number of carbonyl (C=O) groups excluding carboxylic acids is 1. The molecule has 0 aliphatic rings. The van der Waals surface area contributed by atoms with Crippen LogP contribution in [-0.2, 0) is 17.3 Å². The van der Waals surface area contributed by atoms with Crippen molar-refractivity contribution in [2.45, 2.75) is 24.9 Å². The summed E-state index contributed by atoms with van der Waals surface area (Å²) >= 11 is 0. The Balaban J connectivity index is 1.54. The van der Waals surface area contributed by atoms with E-state index in [4.69, 9.17) is 18.9 Å². The highest BCUT2D eigenvalue weighted by Crippen LogP contribution is 2.41. The van der Waals surface area contributed by atoms with Crippen LogP contribution in [0.1, 0.15) is 21.5 Å². The van der Waals surface area contributed by atoms with Crippen molar-refractivity contribution in [3.8, 4) is 45.3 Å². The Hall–Kier alpha value is -4.74. The van der Waals surface area contributed by atoms with Gasteiger partial charge in [0.1, 0.15) is 5.75 Å². The minimum Gasteiger partial charge on any atom is -0.507 e. The molecule has 4 aromatic rings. The van der Waals surface area contributed by atoms with Gasteiger partial charge in [-0.3, -0.25) is 4.79 Å². The standard InChI is InChI=1S/C33H32F3NO7/c1-41-28-17-23(18-29(42-2)30(28)43-3)21-7-5-19(6-8-21)15-26(32(40)44-4)37-31(39)25-16-22(11-14-27(25)38)20-9-12-24(13-10-20)33(34,35)36/h5-14,16-18,26,32,38,40H,15H2,1-4H3,(H,37,39)/t26-,32?/m0/s1. The summed E-state index contributed by atoms with van der Waals surface area (Å²) in [4.78, 5) is 13.2. The normalized spacial score (nSPS) is 12.7. The van der Waals surface area contributed by atoms with Crippen molar-refractivity contribution < 1.29 is 47.1 Å². The molecular formula is C33H32F3NO7. The highest BCUT2D eigenvalue weighted by Gasteiger charge is 2.30. The van der Waals surface area contributed by atoms with E-state index in [2.05, 4.69) is 5.32 Å². The fraction of sp³-hybridized carbons (Fsp3) is 0.242. The van der Waals surface area contributed by atoms with Gasteiger partial charge in [-0.05, 0) is 70.6 Å². The maximum absolute atomic E-state index is 13.2. The number of carbonyl (C=O) groups is 1. The van der Waals surface area contributed by atoms with E-state index in [0.717, 1.165) is 28.8 Å². The molecule has 0 heterocycles. The van der Waals surface area contributed by atoms with Crippen LogP contribution in [0.25, 0.3) is 22.3 Å². The highest BCUT2D eigenvalue weighted by molar-refractivity contribution is 5.98. The monoisotopic (exact) mass is 611 g/mol. The molecule has 1 unspecified atom stereocenters. The van der Waals surface area contributed by atoms with Crippen LogP contribution in [0.4, 0.5) is 13.2 Å². The number of aliphatic hydroxyl groups excluding tert-OH is 1. The average molecular weight is 612 g/mol. The summed E-state index contributed by atoms with van der Waals surface area (Å²) in [5.74, 6) is 0.438. The fourth-order valence-corrected chi connectivity index (χ4v) is 4.72. The largest absolute Gasteiger partial charge is 0.507 e. The number of halogens is 3. The summed E-state index contributed by atoms with van der Waals surface area (Å²) in [7, 11) is 5.88. The van der Waals surface area contributed by atoms with Crippen LogP contribution in [0.3, 0.4) is 0 Å². The Morgan fingerprint density at radius 3 is 1.84 bits per heavy atom. The maximum atomic E-state index is 13.2. The van der Waals surface area contributed by atoms with Gasteiger partial charge < -0.3 is 34.5 Å². The highest BCUT2D eigenvalue weighted by atomic mass is 19.4. The molecule has 4 aromatic carbocycles. The smallest absolute Gasteiger partial charge is 0.416 e. The third kappa shape index (κ3) is 7.24. The predicted molar refractivity (Wildman–Crippen MR) is 158 cm³/mol. The van der Waals surface area contributed by atoms with Crippen molar-refractivity contribution in [3.05, 3.63) is 95.6 Å². The second kappa shape index (κ2) is 13.7. The van der Waals surface area contributed by atoms with Crippen LogP contribution in [0.15, 0.2) is 78.9 Å². The van der Waals surface area contributed by atoms with Crippen LogP contribution in [0.2, 0.25) is 0 Å². The van der Waals surface area contributed by atoms with E-state index in [1.54, 1.807) is 0 Å². The van der Waals surface area contributed by atoms with Crippen LogP contribution >= 0.6 is 0 Å².